The van der Waals surface area contributed by atoms with E-state index in [1.165, 1.54) is 10.9 Å². The van der Waals surface area contributed by atoms with Crippen LogP contribution in [0.25, 0.3) is 11.2 Å². The molecule has 0 aliphatic carbocycles. The molecule has 16 heteroatoms. The summed E-state index contributed by atoms with van der Waals surface area (Å²) in [5, 5.41) is 20.8. The Bertz CT molecular complexity index is 1060. The van der Waals surface area contributed by atoms with Crippen LogP contribution in [0.2, 0.25) is 0 Å². The quantitative estimate of drug-likeness (QED) is 0.119. The number of halogens is 1. The summed E-state index contributed by atoms with van der Waals surface area (Å²) >= 11 is -1.08. The maximum absolute atomic E-state index is 12.1. The molecule has 29 heavy (non-hydrogen) atoms. The number of fused-ring (bicyclic) bond motifs is 6. The first-order valence-electron chi connectivity index (χ1n) is 8.23. The first-order valence-corrected chi connectivity index (χ1v) is 12.2. The van der Waals surface area contributed by atoms with Gasteiger partial charge in [0.2, 0.25) is 0 Å². The molecule has 2 bridgehead atoms. The number of nitrogens with one attached hydrogen (secondary N) is 1. The average Bonchev–Trinajstić information content (AvgIpc) is 3.16. The van der Waals surface area contributed by atoms with Gasteiger partial charge in [-0.2, -0.15) is 0 Å². The molecule has 1 fully saturated rings. The molecule has 5 atom stereocenters. The van der Waals surface area contributed by atoms with Crippen molar-refractivity contribution >= 4 is 33.2 Å². The van der Waals surface area contributed by atoms with E-state index in [1.54, 1.807) is 4.72 Å². The van der Waals surface area contributed by atoms with Crippen LogP contribution in [-0.4, -0.2) is 79.4 Å². The zero-order valence-electron chi connectivity index (χ0n) is 14.5. The summed E-state index contributed by atoms with van der Waals surface area (Å²) in [6.45, 7) is -0.638. The van der Waals surface area contributed by atoms with Gasteiger partial charge in [-0.15, -0.1) is 0 Å². The van der Waals surface area contributed by atoms with E-state index in [1.807, 2.05) is 0 Å². The molecule has 0 aromatic carbocycles. The van der Waals surface area contributed by atoms with Crippen LogP contribution in [0.15, 0.2) is 6.33 Å². The SMILES string of the molecule is Nc1ncnc2c1nc1n2[C@@H]2O[C@H](COS(=O)(=O)NC(=O)[C@@H](N)C[I-]1)[C@@H](O)[C@H]2O. The van der Waals surface area contributed by atoms with Gasteiger partial charge >= 0.3 is 174 Å². The van der Waals surface area contributed by atoms with Gasteiger partial charge in [0.05, 0.1) is 0 Å². The fourth-order valence-corrected chi connectivity index (χ4v) is 6.23. The fraction of sp³-hybridized carbons (Fsp3) is 0.538. The Hall–Kier alpha value is -1.70. The predicted octanol–water partition coefficient (Wildman–Crippen LogP) is -7.00. The van der Waals surface area contributed by atoms with Crippen molar-refractivity contribution in [2.75, 3.05) is 16.8 Å². The molecule has 0 spiro atoms. The summed E-state index contributed by atoms with van der Waals surface area (Å²) in [7, 11) is -4.46. The number of aromatic nitrogens is 4. The van der Waals surface area contributed by atoms with Crippen molar-refractivity contribution in [3.8, 4) is 0 Å². The second-order valence-electron chi connectivity index (χ2n) is 6.33. The molecule has 2 aliphatic rings. The van der Waals surface area contributed by atoms with Crippen LogP contribution in [0.5, 0.6) is 0 Å². The van der Waals surface area contributed by atoms with E-state index >= 15 is 0 Å². The summed E-state index contributed by atoms with van der Waals surface area (Å²) in [6, 6.07) is -1.13. The van der Waals surface area contributed by atoms with Gasteiger partial charge in [-0.1, -0.05) is 0 Å². The van der Waals surface area contributed by atoms with Gasteiger partial charge in [0.25, 0.3) is 0 Å². The van der Waals surface area contributed by atoms with E-state index in [0.717, 1.165) is 0 Å². The molecule has 1 saturated heterocycles. The minimum atomic E-state index is -4.46. The van der Waals surface area contributed by atoms with Gasteiger partial charge in [0, 0.05) is 0 Å². The fourth-order valence-electron chi connectivity index (χ4n) is 2.91. The van der Waals surface area contributed by atoms with Crippen molar-refractivity contribution in [2.24, 2.45) is 5.73 Å². The monoisotopic (exact) mass is 542 g/mol. The average molecular weight is 542 g/mol. The number of nitrogen functional groups attached to an aromatic ring is 1. The van der Waals surface area contributed by atoms with Crippen LogP contribution in [0, 0.1) is 3.83 Å². The number of alkyl halides is 1. The number of nitrogens with zero attached hydrogens (tertiary/aromatic N) is 4. The van der Waals surface area contributed by atoms with Crippen molar-refractivity contribution in [3.05, 3.63) is 10.2 Å². The number of carbonyl (C=O) groups excluding carboxylic acids is 1. The molecule has 2 aromatic rings. The molecule has 7 N–H and O–H groups in total. The normalized spacial score (nSPS) is 32.9. The Morgan fingerprint density at radius 3 is 2.83 bits per heavy atom. The third-order valence-electron chi connectivity index (χ3n) is 4.37. The van der Waals surface area contributed by atoms with Crippen molar-refractivity contribution in [3.63, 3.8) is 0 Å². The Morgan fingerprint density at radius 2 is 2.07 bits per heavy atom. The van der Waals surface area contributed by atoms with Crippen molar-refractivity contribution in [1.29, 1.82) is 0 Å². The molecule has 0 radical (unpaired) electrons. The van der Waals surface area contributed by atoms with Gasteiger partial charge in [0.15, 0.2) is 0 Å². The first-order chi connectivity index (χ1) is 13.7. The predicted molar refractivity (Wildman–Crippen MR) is 90.2 cm³/mol. The summed E-state index contributed by atoms with van der Waals surface area (Å²) in [5.74, 6) is -0.821. The zero-order chi connectivity index (χ0) is 20.9. The van der Waals surface area contributed by atoms with E-state index in [0.29, 0.717) is 3.83 Å². The summed E-state index contributed by atoms with van der Waals surface area (Å²) in [4.78, 5) is 24.5. The van der Waals surface area contributed by atoms with Gasteiger partial charge in [-0.05, 0) is 0 Å². The molecule has 1 amide bonds. The van der Waals surface area contributed by atoms with Crippen LogP contribution >= 0.6 is 0 Å². The molecule has 4 heterocycles. The van der Waals surface area contributed by atoms with Crippen LogP contribution in [0.3, 0.4) is 0 Å². The van der Waals surface area contributed by atoms with E-state index in [-0.39, 0.29) is 21.4 Å². The number of anilines is 1. The Morgan fingerprint density at radius 1 is 1.31 bits per heavy atom. The van der Waals surface area contributed by atoms with Crippen molar-refractivity contribution in [1.82, 2.24) is 24.2 Å². The zero-order valence-corrected chi connectivity index (χ0v) is 17.5. The molecule has 2 aliphatic heterocycles. The Balaban J connectivity index is 1.82. The third-order valence-corrected chi connectivity index (χ3v) is 8.10. The van der Waals surface area contributed by atoms with Crippen LogP contribution in [0.4, 0.5) is 5.82 Å². The minimum absolute atomic E-state index is 0.112. The van der Waals surface area contributed by atoms with Crippen LogP contribution in [-0.2, 0) is 24.0 Å². The molecule has 160 valence electrons. The number of aliphatic hydroxyl groups excluding tert-OH is 2. The first kappa shape index (κ1) is 20.6. The molecule has 0 saturated carbocycles. The number of hydrogen-bond donors (Lipinski definition) is 5. The van der Waals surface area contributed by atoms with Crippen molar-refractivity contribution in [2.45, 2.75) is 30.6 Å². The molecule has 0 unspecified atom stereocenters. The standard InChI is InChI=1S/C13H17IN7O7S/c15-4-1-14-13-19-6-9(16)17-3-18-10(6)21(13)12-8(23)7(22)5(28-12)2-27-29(25,26)20-11(4)24/h3-5,7-8,12,22-23H,1-2,15H2,(H,20,24)(H2,16,17,18)/q-1/t4-,5+,7+,8+,12+/m0/s1. The van der Waals surface area contributed by atoms with Crippen molar-refractivity contribution < 1.29 is 53.6 Å². The van der Waals surface area contributed by atoms with E-state index < -0.39 is 74.6 Å². The topological polar surface area (TPSA) is 218 Å². The van der Waals surface area contributed by atoms with Gasteiger partial charge < -0.3 is 0 Å². The summed E-state index contributed by atoms with van der Waals surface area (Å²) in [5.41, 5.74) is 12.2. The van der Waals surface area contributed by atoms with Gasteiger partial charge in [-0.3, -0.25) is 0 Å². The van der Waals surface area contributed by atoms with Crippen LogP contribution < -0.4 is 37.4 Å². The number of imidazole rings is 1. The van der Waals surface area contributed by atoms with E-state index in [2.05, 4.69) is 15.0 Å². The Kier molecular flexibility index (Phi) is 5.34. The number of hydrogen-bond acceptors (Lipinski definition) is 12. The number of carbonyl (C=O) groups is 1. The number of nitrogens with two attached hydrogens (primary N) is 2. The molecular weight excluding hydrogens is 525 g/mol. The number of rotatable bonds is 0. The molecule has 4 rings (SSSR count). The molecule has 2 aromatic heterocycles. The maximum atomic E-state index is 12.1. The van der Waals surface area contributed by atoms with Gasteiger partial charge in [0.1, 0.15) is 0 Å². The number of ether oxygens (including phenoxy) is 1. The van der Waals surface area contributed by atoms with E-state index in [4.69, 9.17) is 20.4 Å². The summed E-state index contributed by atoms with van der Waals surface area (Å²) < 4.78 is 38.0. The second kappa shape index (κ2) is 7.52. The van der Waals surface area contributed by atoms with Gasteiger partial charge in [-0.25, -0.2) is 0 Å². The molecule has 14 nitrogen and oxygen atoms in total. The number of aliphatic hydroxyl groups is 2. The third kappa shape index (κ3) is 3.76. The van der Waals surface area contributed by atoms with Crippen LogP contribution in [0.1, 0.15) is 6.23 Å². The number of amides is 1. The van der Waals surface area contributed by atoms with E-state index in [9.17, 15) is 23.4 Å². The molecular formula is C13H17IN7O7S-. The Labute approximate surface area is 174 Å². The summed E-state index contributed by atoms with van der Waals surface area (Å²) in [6.07, 6.45) is -3.99. The second-order valence-corrected chi connectivity index (χ2v) is 10.3.